The number of hydrogen-bond donors (Lipinski definition) is 1. The van der Waals surface area contributed by atoms with Gasteiger partial charge in [-0.05, 0) is 43.9 Å². The molecule has 0 radical (unpaired) electrons. The molecule has 164 valence electrons. The summed E-state index contributed by atoms with van der Waals surface area (Å²) < 4.78 is 56.0. The SMILES string of the molecule is COCCCCOc1ccc(-c2noc(C3CCCN3C(=O)O)n2)cc1C(F)(F)F. The lowest BCUT2D eigenvalue weighted by molar-refractivity contribution is -0.138. The van der Waals surface area contributed by atoms with Crippen LogP contribution in [0, 0.1) is 0 Å². The summed E-state index contributed by atoms with van der Waals surface area (Å²) in [7, 11) is 1.55. The van der Waals surface area contributed by atoms with Gasteiger partial charge in [-0.1, -0.05) is 5.16 Å². The number of methoxy groups -OCH3 is 1. The van der Waals surface area contributed by atoms with Gasteiger partial charge in [0.05, 0.1) is 12.2 Å². The van der Waals surface area contributed by atoms with Crippen LogP contribution in [0.15, 0.2) is 22.7 Å². The third kappa shape index (κ3) is 5.02. The molecule has 1 fully saturated rings. The van der Waals surface area contributed by atoms with E-state index in [-0.39, 0.29) is 29.6 Å². The minimum atomic E-state index is -4.63. The molecule has 1 N–H and O–H groups in total. The second-order valence-corrected chi connectivity index (χ2v) is 6.85. The Morgan fingerprint density at radius 1 is 1.33 bits per heavy atom. The van der Waals surface area contributed by atoms with Crippen LogP contribution in [-0.2, 0) is 10.9 Å². The van der Waals surface area contributed by atoms with E-state index in [4.69, 9.17) is 14.0 Å². The van der Waals surface area contributed by atoms with E-state index in [1.54, 1.807) is 7.11 Å². The van der Waals surface area contributed by atoms with Gasteiger partial charge >= 0.3 is 12.3 Å². The lowest BCUT2D eigenvalue weighted by Gasteiger charge is -2.17. The molecule has 2 aromatic rings. The summed E-state index contributed by atoms with van der Waals surface area (Å²) >= 11 is 0. The van der Waals surface area contributed by atoms with E-state index in [1.807, 2.05) is 0 Å². The van der Waals surface area contributed by atoms with Crippen LogP contribution in [0.3, 0.4) is 0 Å². The smallest absolute Gasteiger partial charge is 0.419 e. The number of hydrogen-bond acceptors (Lipinski definition) is 6. The highest BCUT2D eigenvalue weighted by atomic mass is 19.4. The maximum Gasteiger partial charge on any atom is 0.419 e. The Hall–Kier alpha value is -2.82. The largest absolute Gasteiger partial charge is 0.493 e. The van der Waals surface area contributed by atoms with Crippen molar-refractivity contribution in [1.29, 1.82) is 0 Å². The van der Waals surface area contributed by atoms with E-state index in [9.17, 15) is 23.1 Å². The van der Waals surface area contributed by atoms with Crippen molar-refractivity contribution >= 4 is 6.09 Å². The summed E-state index contributed by atoms with van der Waals surface area (Å²) in [4.78, 5) is 16.6. The van der Waals surface area contributed by atoms with Gasteiger partial charge in [-0.3, -0.25) is 4.90 Å². The standard InChI is InChI=1S/C19H22F3N3O5/c1-28-9-2-3-10-29-15-7-6-12(11-13(15)19(20,21)22)16-23-17(30-24-16)14-5-4-8-25(14)18(26)27/h6-7,11,14H,2-5,8-10H2,1H3,(H,26,27). The molecule has 0 saturated carbocycles. The van der Waals surface area contributed by atoms with Crippen LogP contribution in [0.2, 0.25) is 0 Å². The number of nitrogens with zero attached hydrogens (tertiary/aromatic N) is 3. The molecule has 30 heavy (non-hydrogen) atoms. The van der Waals surface area contributed by atoms with E-state index in [0.717, 1.165) is 6.07 Å². The van der Waals surface area contributed by atoms with E-state index < -0.39 is 23.9 Å². The number of rotatable bonds is 8. The monoisotopic (exact) mass is 429 g/mol. The highest BCUT2D eigenvalue weighted by molar-refractivity contribution is 5.66. The third-order valence-electron chi connectivity index (χ3n) is 4.77. The molecule has 1 aromatic carbocycles. The van der Waals surface area contributed by atoms with Gasteiger partial charge in [0.1, 0.15) is 11.8 Å². The normalized spacial score (nSPS) is 16.8. The summed E-state index contributed by atoms with van der Waals surface area (Å²) in [6.45, 7) is 0.978. The van der Waals surface area contributed by atoms with Crippen molar-refractivity contribution in [3.8, 4) is 17.1 Å². The predicted octanol–water partition coefficient (Wildman–Crippen LogP) is 4.38. The average molecular weight is 429 g/mol. The highest BCUT2D eigenvalue weighted by Crippen LogP contribution is 2.39. The van der Waals surface area contributed by atoms with Gasteiger partial charge in [0.2, 0.25) is 11.7 Å². The Morgan fingerprint density at radius 3 is 2.80 bits per heavy atom. The number of benzene rings is 1. The number of carboxylic acid groups (broad SMARTS) is 1. The van der Waals surface area contributed by atoms with Crippen molar-refractivity contribution in [2.24, 2.45) is 0 Å². The molecule has 1 unspecified atom stereocenters. The van der Waals surface area contributed by atoms with Crippen molar-refractivity contribution in [2.45, 2.75) is 37.9 Å². The van der Waals surface area contributed by atoms with Gasteiger partial charge in [-0.15, -0.1) is 0 Å². The summed E-state index contributed by atoms with van der Waals surface area (Å²) in [6, 6.07) is 2.95. The molecule has 1 aromatic heterocycles. The molecular weight excluding hydrogens is 407 g/mol. The number of aromatic nitrogens is 2. The third-order valence-corrected chi connectivity index (χ3v) is 4.77. The van der Waals surface area contributed by atoms with E-state index in [1.165, 1.54) is 17.0 Å². The Labute approximate surface area is 170 Å². The minimum absolute atomic E-state index is 0.0422. The van der Waals surface area contributed by atoms with E-state index in [2.05, 4.69) is 10.1 Å². The zero-order valence-electron chi connectivity index (χ0n) is 16.3. The predicted molar refractivity (Wildman–Crippen MR) is 98.0 cm³/mol. The second kappa shape index (κ2) is 9.33. The van der Waals surface area contributed by atoms with Crippen LogP contribution in [0.25, 0.3) is 11.4 Å². The first-order valence-electron chi connectivity index (χ1n) is 9.47. The Morgan fingerprint density at radius 2 is 2.10 bits per heavy atom. The minimum Gasteiger partial charge on any atom is -0.493 e. The summed E-state index contributed by atoms with van der Waals surface area (Å²) in [5.74, 6) is -0.253. The molecular formula is C19H22F3N3O5. The molecule has 2 heterocycles. The van der Waals surface area contributed by atoms with Crippen LogP contribution < -0.4 is 4.74 Å². The lowest BCUT2D eigenvalue weighted by atomic mass is 10.1. The van der Waals surface area contributed by atoms with Crippen LogP contribution in [0.5, 0.6) is 5.75 Å². The maximum absolute atomic E-state index is 13.5. The van der Waals surface area contributed by atoms with Gasteiger partial charge in [0, 0.05) is 25.8 Å². The molecule has 0 spiro atoms. The first kappa shape index (κ1) is 21.9. The van der Waals surface area contributed by atoms with Crippen LogP contribution in [0.1, 0.15) is 43.2 Å². The molecule has 1 amide bonds. The first-order chi connectivity index (χ1) is 14.3. The van der Waals surface area contributed by atoms with Gasteiger partial charge in [-0.2, -0.15) is 18.2 Å². The molecule has 1 atom stereocenters. The van der Waals surface area contributed by atoms with Crippen molar-refractivity contribution in [2.75, 3.05) is 26.9 Å². The maximum atomic E-state index is 13.5. The van der Waals surface area contributed by atoms with Crippen molar-refractivity contribution in [3.05, 3.63) is 29.7 Å². The number of halogens is 3. The molecule has 0 bridgehead atoms. The van der Waals surface area contributed by atoms with Crippen molar-refractivity contribution in [3.63, 3.8) is 0 Å². The van der Waals surface area contributed by atoms with Gasteiger partial charge in [0.15, 0.2) is 0 Å². The van der Waals surface area contributed by atoms with Crippen LogP contribution in [0.4, 0.5) is 18.0 Å². The average Bonchev–Trinajstić information content (AvgIpc) is 3.36. The van der Waals surface area contributed by atoms with E-state index in [0.29, 0.717) is 38.8 Å². The number of alkyl halides is 3. The number of ether oxygens (including phenoxy) is 2. The number of likely N-dealkylation sites (tertiary alicyclic amines) is 1. The van der Waals surface area contributed by atoms with E-state index >= 15 is 0 Å². The first-order valence-corrected chi connectivity index (χ1v) is 9.47. The summed E-state index contributed by atoms with van der Waals surface area (Å²) in [5.41, 5.74) is -0.838. The fourth-order valence-electron chi connectivity index (χ4n) is 3.29. The number of carbonyl (C=O) groups is 1. The molecule has 1 aliphatic rings. The lowest BCUT2D eigenvalue weighted by Crippen LogP contribution is -2.28. The fraction of sp³-hybridized carbons (Fsp3) is 0.526. The van der Waals surface area contributed by atoms with Crippen molar-refractivity contribution in [1.82, 2.24) is 15.0 Å². The Balaban J connectivity index is 1.80. The Kier molecular flexibility index (Phi) is 6.80. The number of unbranched alkanes of at least 4 members (excludes halogenated alkanes) is 1. The zero-order chi connectivity index (χ0) is 21.7. The summed E-state index contributed by atoms with van der Waals surface area (Å²) in [6.07, 6.45) is -3.35. The fourth-order valence-corrected chi connectivity index (χ4v) is 3.29. The molecule has 3 rings (SSSR count). The highest BCUT2D eigenvalue weighted by Gasteiger charge is 2.36. The molecule has 1 saturated heterocycles. The zero-order valence-corrected chi connectivity index (χ0v) is 16.3. The topological polar surface area (TPSA) is 97.9 Å². The molecule has 0 aliphatic carbocycles. The second-order valence-electron chi connectivity index (χ2n) is 6.85. The van der Waals surface area contributed by atoms with Gasteiger partial charge in [0.25, 0.3) is 0 Å². The van der Waals surface area contributed by atoms with Gasteiger partial charge < -0.3 is 19.1 Å². The van der Waals surface area contributed by atoms with Crippen LogP contribution >= 0.6 is 0 Å². The van der Waals surface area contributed by atoms with Crippen LogP contribution in [-0.4, -0.2) is 53.1 Å². The quantitative estimate of drug-likeness (QED) is 0.622. The number of amides is 1. The van der Waals surface area contributed by atoms with Crippen molar-refractivity contribution < 1.29 is 37.1 Å². The summed E-state index contributed by atoms with van der Waals surface area (Å²) in [5, 5.41) is 13.0. The molecule has 11 heteroatoms. The molecule has 1 aliphatic heterocycles. The molecule has 8 nitrogen and oxygen atoms in total. The van der Waals surface area contributed by atoms with Gasteiger partial charge in [-0.25, -0.2) is 4.79 Å². The Bertz CT molecular complexity index is 871.